The lowest BCUT2D eigenvalue weighted by Gasteiger charge is -2.37. The molecule has 2 unspecified atom stereocenters. The molecule has 1 aromatic rings. The standard InChI is InChI=1S/C23H36N6O/c30-22(18-7-8-18)29-14-5-6-20(17-29)28-15-10-19(16-28)25-23-24-11-9-21(26-23)27-12-3-1-2-4-13-27/h9,11,18-20H,1-8,10,12-17H2,(H,24,25,26). The Morgan fingerprint density at radius 2 is 1.77 bits per heavy atom. The maximum atomic E-state index is 12.5. The Bertz CT molecular complexity index is 730. The lowest BCUT2D eigenvalue weighted by molar-refractivity contribution is -0.134. The summed E-state index contributed by atoms with van der Waals surface area (Å²) in [6.45, 7) is 6.20. The predicted octanol–water partition coefficient (Wildman–Crippen LogP) is 2.74. The van der Waals surface area contributed by atoms with Crippen molar-refractivity contribution in [3.63, 3.8) is 0 Å². The molecule has 4 heterocycles. The zero-order valence-electron chi connectivity index (χ0n) is 18.1. The third kappa shape index (κ3) is 4.71. The topological polar surface area (TPSA) is 64.6 Å². The van der Waals surface area contributed by atoms with Gasteiger partial charge >= 0.3 is 0 Å². The van der Waals surface area contributed by atoms with Crippen molar-refractivity contribution in [2.75, 3.05) is 49.5 Å². The predicted molar refractivity (Wildman–Crippen MR) is 119 cm³/mol. The van der Waals surface area contributed by atoms with Crippen LogP contribution in [0.5, 0.6) is 0 Å². The van der Waals surface area contributed by atoms with E-state index in [0.717, 1.165) is 76.7 Å². The molecule has 0 radical (unpaired) electrons. The van der Waals surface area contributed by atoms with E-state index in [1.54, 1.807) is 0 Å². The van der Waals surface area contributed by atoms with Crippen molar-refractivity contribution in [2.24, 2.45) is 5.92 Å². The van der Waals surface area contributed by atoms with E-state index >= 15 is 0 Å². The zero-order valence-corrected chi connectivity index (χ0v) is 18.1. The van der Waals surface area contributed by atoms with Gasteiger partial charge in [0, 0.05) is 63.5 Å². The van der Waals surface area contributed by atoms with Crippen LogP contribution in [-0.2, 0) is 4.79 Å². The molecule has 1 saturated carbocycles. The van der Waals surface area contributed by atoms with Crippen molar-refractivity contribution in [2.45, 2.75) is 69.9 Å². The van der Waals surface area contributed by atoms with Gasteiger partial charge in [0.1, 0.15) is 5.82 Å². The molecule has 4 aliphatic rings. The molecule has 3 aliphatic heterocycles. The van der Waals surface area contributed by atoms with Crippen molar-refractivity contribution >= 4 is 17.7 Å². The average molecular weight is 413 g/mol. The molecule has 5 rings (SSSR count). The van der Waals surface area contributed by atoms with Crippen molar-refractivity contribution in [3.8, 4) is 0 Å². The second-order valence-electron chi connectivity index (χ2n) is 9.62. The largest absolute Gasteiger partial charge is 0.356 e. The second-order valence-corrected chi connectivity index (χ2v) is 9.62. The van der Waals surface area contributed by atoms with Crippen LogP contribution in [0.3, 0.4) is 0 Å². The van der Waals surface area contributed by atoms with Crippen LogP contribution in [0.25, 0.3) is 0 Å². The third-order valence-corrected chi connectivity index (χ3v) is 7.28. The van der Waals surface area contributed by atoms with Gasteiger partial charge in [-0.2, -0.15) is 4.98 Å². The summed E-state index contributed by atoms with van der Waals surface area (Å²) in [5, 5.41) is 3.60. The first-order valence-electron chi connectivity index (χ1n) is 12.1. The van der Waals surface area contributed by atoms with Crippen LogP contribution < -0.4 is 10.2 Å². The van der Waals surface area contributed by atoms with Crippen LogP contribution in [0.4, 0.5) is 11.8 Å². The number of rotatable bonds is 5. The summed E-state index contributed by atoms with van der Waals surface area (Å²) in [6, 6.07) is 2.95. The van der Waals surface area contributed by atoms with E-state index in [9.17, 15) is 4.79 Å². The van der Waals surface area contributed by atoms with E-state index in [1.165, 1.54) is 32.1 Å². The summed E-state index contributed by atoms with van der Waals surface area (Å²) in [4.78, 5) is 29.0. The molecule has 164 valence electrons. The lowest BCUT2D eigenvalue weighted by atomic mass is 10.0. The van der Waals surface area contributed by atoms with Crippen LogP contribution >= 0.6 is 0 Å². The summed E-state index contributed by atoms with van der Waals surface area (Å²) < 4.78 is 0. The number of nitrogens with one attached hydrogen (secondary N) is 1. The molecule has 1 aliphatic carbocycles. The molecule has 30 heavy (non-hydrogen) atoms. The fourth-order valence-electron chi connectivity index (χ4n) is 5.36. The van der Waals surface area contributed by atoms with Gasteiger partial charge in [0.15, 0.2) is 0 Å². The Kier molecular flexibility index (Phi) is 6.07. The van der Waals surface area contributed by atoms with Crippen LogP contribution in [0, 0.1) is 5.92 Å². The summed E-state index contributed by atoms with van der Waals surface area (Å²) >= 11 is 0. The molecule has 0 aromatic carbocycles. The van der Waals surface area contributed by atoms with E-state index in [-0.39, 0.29) is 0 Å². The minimum absolute atomic E-state index is 0.338. The Morgan fingerprint density at radius 3 is 2.57 bits per heavy atom. The number of carbonyl (C=O) groups excluding carboxylic acids is 1. The Labute approximate surface area is 180 Å². The molecular weight excluding hydrogens is 376 g/mol. The highest BCUT2D eigenvalue weighted by Crippen LogP contribution is 2.32. The highest BCUT2D eigenvalue weighted by molar-refractivity contribution is 5.81. The molecule has 3 saturated heterocycles. The number of carbonyl (C=O) groups is 1. The fourth-order valence-corrected chi connectivity index (χ4v) is 5.36. The summed E-state index contributed by atoms with van der Waals surface area (Å²) in [5.74, 6) is 2.57. The maximum absolute atomic E-state index is 12.5. The second kappa shape index (κ2) is 9.08. The molecule has 2 atom stereocenters. The van der Waals surface area contributed by atoms with Gasteiger partial charge in [-0.05, 0) is 51.0 Å². The number of amides is 1. The number of hydrogen-bond acceptors (Lipinski definition) is 6. The summed E-state index contributed by atoms with van der Waals surface area (Å²) in [6.07, 6.45) is 12.7. The number of likely N-dealkylation sites (tertiary alicyclic amines) is 2. The fraction of sp³-hybridized carbons (Fsp3) is 0.783. The van der Waals surface area contributed by atoms with E-state index in [1.807, 2.05) is 12.3 Å². The summed E-state index contributed by atoms with van der Waals surface area (Å²) in [7, 11) is 0. The summed E-state index contributed by atoms with van der Waals surface area (Å²) in [5.41, 5.74) is 0. The van der Waals surface area contributed by atoms with Crippen molar-refractivity contribution in [3.05, 3.63) is 12.3 Å². The van der Waals surface area contributed by atoms with Gasteiger partial charge < -0.3 is 15.1 Å². The molecule has 7 heteroatoms. The van der Waals surface area contributed by atoms with E-state index in [2.05, 4.69) is 25.0 Å². The van der Waals surface area contributed by atoms with E-state index in [4.69, 9.17) is 4.98 Å². The van der Waals surface area contributed by atoms with Gasteiger partial charge in [0.05, 0.1) is 0 Å². The van der Waals surface area contributed by atoms with Gasteiger partial charge in [0.2, 0.25) is 11.9 Å². The Hall–Kier alpha value is -1.89. The number of anilines is 2. The van der Waals surface area contributed by atoms with Gasteiger partial charge in [-0.3, -0.25) is 9.69 Å². The molecule has 1 aromatic heterocycles. The Balaban J connectivity index is 1.15. The van der Waals surface area contributed by atoms with Crippen molar-refractivity contribution in [1.29, 1.82) is 0 Å². The highest BCUT2D eigenvalue weighted by atomic mass is 16.2. The first kappa shape index (κ1) is 20.0. The van der Waals surface area contributed by atoms with Crippen molar-refractivity contribution in [1.82, 2.24) is 19.8 Å². The smallest absolute Gasteiger partial charge is 0.225 e. The van der Waals surface area contributed by atoms with Gasteiger partial charge in [0.25, 0.3) is 0 Å². The number of nitrogens with zero attached hydrogens (tertiary/aromatic N) is 5. The average Bonchev–Trinajstić information content (AvgIpc) is 3.58. The molecule has 0 bridgehead atoms. The lowest BCUT2D eigenvalue weighted by Crippen LogP contribution is -2.50. The minimum Gasteiger partial charge on any atom is -0.356 e. The van der Waals surface area contributed by atoms with E-state index in [0.29, 0.717) is 23.9 Å². The van der Waals surface area contributed by atoms with E-state index < -0.39 is 0 Å². The van der Waals surface area contributed by atoms with Gasteiger partial charge in [-0.15, -0.1) is 0 Å². The first-order valence-corrected chi connectivity index (χ1v) is 12.1. The van der Waals surface area contributed by atoms with Crippen LogP contribution in [0.15, 0.2) is 12.3 Å². The first-order chi connectivity index (χ1) is 14.8. The number of hydrogen-bond donors (Lipinski definition) is 1. The molecule has 1 amide bonds. The highest BCUT2D eigenvalue weighted by Gasteiger charge is 2.37. The van der Waals surface area contributed by atoms with Crippen LogP contribution in [-0.4, -0.2) is 77.0 Å². The van der Waals surface area contributed by atoms with Crippen LogP contribution in [0.2, 0.25) is 0 Å². The quantitative estimate of drug-likeness (QED) is 0.802. The molecule has 1 N–H and O–H groups in total. The van der Waals surface area contributed by atoms with Crippen LogP contribution in [0.1, 0.15) is 57.8 Å². The maximum Gasteiger partial charge on any atom is 0.225 e. The Morgan fingerprint density at radius 1 is 0.933 bits per heavy atom. The third-order valence-electron chi connectivity index (χ3n) is 7.28. The zero-order chi connectivity index (χ0) is 20.3. The van der Waals surface area contributed by atoms with Gasteiger partial charge in [-0.1, -0.05) is 12.8 Å². The monoisotopic (exact) mass is 412 g/mol. The number of aromatic nitrogens is 2. The molecular formula is C23H36N6O. The molecule has 0 spiro atoms. The minimum atomic E-state index is 0.338. The molecule has 7 nitrogen and oxygen atoms in total. The van der Waals surface area contributed by atoms with Crippen molar-refractivity contribution < 1.29 is 4.79 Å². The SMILES string of the molecule is O=C(C1CC1)N1CCCC(N2CCC(Nc3nccc(N4CCCCCC4)n3)C2)C1. The van der Waals surface area contributed by atoms with Gasteiger partial charge in [-0.25, -0.2) is 4.98 Å². The molecule has 4 fully saturated rings. The number of piperidine rings is 1. The normalized spacial score (nSPS) is 28.4.